The maximum atomic E-state index is 10.4. The van der Waals surface area contributed by atoms with E-state index in [-0.39, 0.29) is 11.1 Å². The lowest BCUT2D eigenvalue weighted by Crippen LogP contribution is -2.01. The maximum Gasteiger partial charge on any atom is 0.335 e. The zero-order chi connectivity index (χ0) is 16.5. The minimum absolute atomic E-state index is 0.0186. The summed E-state index contributed by atoms with van der Waals surface area (Å²) in [7, 11) is 0. The Morgan fingerprint density at radius 3 is 1.55 bits per heavy atom. The van der Waals surface area contributed by atoms with Crippen molar-refractivity contribution in [1.29, 1.82) is 0 Å². The fourth-order valence-corrected chi connectivity index (χ4v) is 1.67. The van der Waals surface area contributed by atoms with Crippen LogP contribution in [0.5, 0.6) is 0 Å². The lowest BCUT2D eigenvalue weighted by Gasteiger charge is -1.98. The van der Waals surface area contributed by atoms with Crippen LogP contribution in [0.25, 0.3) is 0 Å². The Morgan fingerprint density at radius 2 is 1.18 bits per heavy atom. The lowest BCUT2D eigenvalue weighted by molar-refractivity contribution is 0.0696. The van der Waals surface area contributed by atoms with Crippen LogP contribution in [0.2, 0.25) is 0 Å². The molecule has 2 aromatic rings. The van der Waals surface area contributed by atoms with Gasteiger partial charge in [0.05, 0.1) is 11.1 Å². The van der Waals surface area contributed by atoms with Gasteiger partial charge in [-0.05, 0) is 29.3 Å². The molecule has 0 aliphatic rings. The van der Waals surface area contributed by atoms with Crippen molar-refractivity contribution in [3.05, 3.63) is 70.8 Å². The van der Waals surface area contributed by atoms with E-state index < -0.39 is 11.9 Å². The highest BCUT2D eigenvalue weighted by Crippen LogP contribution is 2.04. The van der Waals surface area contributed by atoms with Crippen molar-refractivity contribution in [1.82, 2.24) is 0 Å². The molecule has 0 aliphatic carbocycles. The van der Waals surface area contributed by atoms with Crippen LogP contribution in [0.3, 0.4) is 0 Å². The van der Waals surface area contributed by atoms with Crippen molar-refractivity contribution in [3.8, 4) is 0 Å². The Morgan fingerprint density at radius 1 is 0.773 bits per heavy atom. The van der Waals surface area contributed by atoms with Gasteiger partial charge >= 0.3 is 11.9 Å². The van der Waals surface area contributed by atoms with Crippen molar-refractivity contribution in [2.24, 2.45) is 11.5 Å². The maximum absolute atomic E-state index is 10.4. The van der Waals surface area contributed by atoms with E-state index in [1.54, 1.807) is 0 Å². The van der Waals surface area contributed by atoms with Gasteiger partial charge < -0.3 is 21.7 Å². The predicted molar refractivity (Wildman–Crippen MR) is 82.6 cm³/mol. The zero-order valence-electron chi connectivity index (χ0n) is 11.9. The highest BCUT2D eigenvalue weighted by molar-refractivity contribution is 5.93. The predicted octanol–water partition coefficient (Wildman–Crippen LogP) is 1.69. The monoisotopic (exact) mass is 302 g/mol. The van der Waals surface area contributed by atoms with E-state index in [2.05, 4.69) is 0 Å². The Kier molecular flexibility index (Phi) is 6.75. The molecule has 6 heteroatoms. The quantitative estimate of drug-likeness (QED) is 0.680. The van der Waals surface area contributed by atoms with E-state index in [4.69, 9.17) is 21.7 Å². The number of hydrogen-bond acceptors (Lipinski definition) is 4. The largest absolute Gasteiger partial charge is 0.478 e. The molecule has 116 valence electrons. The fourth-order valence-electron chi connectivity index (χ4n) is 1.67. The topological polar surface area (TPSA) is 127 Å². The second-order valence-corrected chi connectivity index (χ2v) is 4.42. The summed E-state index contributed by atoms with van der Waals surface area (Å²) in [4.78, 5) is 20.8. The first-order valence-electron chi connectivity index (χ1n) is 6.52. The summed E-state index contributed by atoms with van der Waals surface area (Å²) in [6.45, 7) is 1.18. The molecule has 6 nitrogen and oxygen atoms in total. The minimum atomic E-state index is -1.13. The molecule has 2 aromatic carbocycles. The van der Waals surface area contributed by atoms with Crippen LogP contribution in [-0.2, 0) is 13.1 Å². The van der Waals surface area contributed by atoms with Crippen LogP contribution in [-0.4, -0.2) is 22.2 Å². The molecule has 0 saturated carbocycles. The van der Waals surface area contributed by atoms with Gasteiger partial charge in [0.2, 0.25) is 0 Å². The average Bonchev–Trinajstić information content (AvgIpc) is 2.55. The van der Waals surface area contributed by atoms with Crippen molar-refractivity contribution >= 4 is 11.9 Å². The van der Waals surface area contributed by atoms with Gasteiger partial charge in [-0.1, -0.05) is 30.3 Å². The molecule has 0 spiro atoms. The van der Waals surface area contributed by atoms with Crippen LogP contribution in [0.1, 0.15) is 31.8 Å². The van der Waals surface area contributed by atoms with E-state index in [9.17, 15) is 9.59 Å². The molecule has 0 saturated heterocycles. The van der Waals surface area contributed by atoms with Crippen molar-refractivity contribution in [3.63, 3.8) is 0 Å². The van der Waals surface area contributed by atoms with Gasteiger partial charge in [-0.25, -0.2) is 9.59 Å². The summed E-state index contributed by atoms with van der Waals surface area (Å²) in [5, 5.41) is 17.0. The van der Waals surface area contributed by atoms with Gasteiger partial charge in [-0.2, -0.15) is 0 Å². The molecule has 0 fully saturated rings. The highest BCUT2D eigenvalue weighted by Gasteiger charge is 2.06. The number of rotatable bonds is 4. The van der Waals surface area contributed by atoms with Crippen LogP contribution in [0.15, 0.2) is 48.5 Å². The molecule has 6 N–H and O–H groups in total. The third-order valence-corrected chi connectivity index (χ3v) is 2.82. The SMILES string of the molecule is NCc1cccc(CN)c1.O=C(O)c1cccc(C(=O)O)c1. The Balaban J connectivity index is 0.000000224. The summed E-state index contributed by atoms with van der Waals surface area (Å²) in [5.74, 6) is -2.25. The van der Waals surface area contributed by atoms with Gasteiger partial charge in [0.1, 0.15) is 0 Å². The Hall–Kier alpha value is -2.70. The molecule has 0 radical (unpaired) electrons. The molecule has 0 aromatic heterocycles. The second-order valence-electron chi connectivity index (χ2n) is 4.42. The number of nitrogens with two attached hydrogens (primary N) is 2. The molecule has 0 aliphatic heterocycles. The molecule has 0 unspecified atom stereocenters. The smallest absolute Gasteiger partial charge is 0.335 e. The fraction of sp³-hybridized carbons (Fsp3) is 0.125. The van der Waals surface area contributed by atoms with Crippen molar-refractivity contribution in [2.45, 2.75) is 13.1 Å². The van der Waals surface area contributed by atoms with E-state index in [0.717, 1.165) is 17.2 Å². The minimum Gasteiger partial charge on any atom is -0.478 e. The number of carboxylic acids is 2. The van der Waals surface area contributed by atoms with E-state index in [1.807, 2.05) is 24.3 Å². The summed E-state index contributed by atoms with van der Waals surface area (Å²) in [6, 6.07) is 13.2. The number of carbonyl (C=O) groups is 2. The Labute approximate surface area is 128 Å². The van der Waals surface area contributed by atoms with Gasteiger partial charge in [0.25, 0.3) is 0 Å². The molecular formula is C16H18N2O4. The lowest BCUT2D eigenvalue weighted by atomic mass is 10.1. The second kappa shape index (κ2) is 8.56. The first-order chi connectivity index (χ1) is 10.5. The number of aromatic carboxylic acids is 2. The normalized spacial score (nSPS) is 9.55. The van der Waals surface area contributed by atoms with Crippen LogP contribution < -0.4 is 11.5 Å². The number of hydrogen-bond donors (Lipinski definition) is 4. The van der Waals surface area contributed by atoms with E-state index in [0.29, 0.717) is 13.1 Å². The third-order valence-electron chi connectivity index (χ3n) is 2.82. The summed E-state index contributed by atoms with van der Waals surface area (Å²) >= 11 is 0. The van der Waals surface area contributed by atoms with Crippen molar-refractivity contribution < 1.29 is 19.8 Å². The molecule has 2 rings (SSSR count). The van der Waals surface area contributed by atoms with Gasteiger partial charge in [0.15, 0.2) is 0 Å². The molecule has 0 heterocycles. The summed E-state index contributed by atoms with van der Waals surface area (Å²) < 4.78 is 0. The highest BCUT2D eigenvalue weighted by atomic mass is 16.4. The molecule has 0 amide bonds. The van der Waals surface area contributed by atoms with E-state index in [1.165, 1.54) is 18.2 Å². The standard InChI is InChI=1S/C8H12N2.C8H6O4/c9-5-7-2-1-3-8(4-7)6-10;9-7(10)5-2-1-3-6(4-5)8(11)12/h1-4H,5-6,9-10H2;1-4H,(H,9,10)(H,11,12). The summed E-state index contributed by atoms with van der Waals surface area (Å²) in [6.07, 6.45) is 0. The van der Waals surface area contributed by atoms with Crippen LogP contribution in [0.4, 0.5) is 0 Å². The summed E-state index contributed by atoms with van der Waals surface area (Å²) in [5.41, 5.74) is 13.1. The average molecular weight is 302 g/mol. The van der Waals surface area contributed by atoms with Gasteiger partial charge in [0, 0.05) is 13.1 Å². The van der Waals surface area contributed by atoms with Crippen LogP contribution >= 0.6 is 0 Å². The van der Waals surface area contributed by atoms with Crippen molar-refractivity contribution in [2.75, 3.05) is 0 Å². The number of benzene rings is 2. The van der Waals surface area contributed by atoms with Crippen LogP contribution in [0, 0.1) is 0 Å². The van der Waals surface area contributed by atoms with Gasteiger partial charge in [-0.3, -0.25) is 0 Å². The molecule has 22 heavy (non-hydrogen) atoms. The third kappa shape index (κ3) is 5.35. The van der Waals surface area contributed by atoms with Gasteiger partial charge in [-0.15, -0.1) is 0 Å². The first-order valence-corrected chi connectivity index (χ1v) is 6.52. The molecule has 0 bridgehead atoms. The molecular weight excluding hydrogens is 284 g/mol. The number of carboxylic acid groups (broad SMARTS) is 2. The zero-order valence-corrected chi connectivity index (χ0v) is 11.9. The Bertz CT molecular complexity index is 608. The molecule has 0 atom stereocenters. The first kappa shape index (κ1) is 17.4. The van der Waals surface area contributed by atoms with E-state index >= 15 is 0 Å².